The lowest BCUT2D eigenvalue weighted by Crippen LogP contribution is -2.63. The number of aliphatic hydroxyl groups excluding tert-OH is 1. The molecule has 30 nitrogen and oxygen atoms in total. The highest BCUT2D eigenvalue weighted by atomic mass is 32.2. The summed E-state index contributed by atoms with van der Waals surface area (Å²) < 4.78 is 28.8. The quantitative estimate of drug-likeness (QED) is 0.0465. The topological polar surface area (TPSA) is 508 Å². The highest BCUT2D eigenvalue weighted by Crippen LogP contribution is 2.14. The predicted molar refractivity (Wildman–Crippen MR) is 307 cm³/mol. The van der Waals surface area contributed by atoms with Crippen LogP contribution in [0.4, 0.5) is 0 Å². The van der Waals surface area contributed by atoms with Gasteiger partial charge >= 0.3 is 0 Å². The van der Waals surface area contributed by atoms with Crippen LogP contribution < -0.4 is 86.6 Å². The fourth-order valence-corrected chi connectivity index (χ4v) is 9.83. The van der Waals surface area contributed by atoms with Crippen LogP contribution in [0.2, 0.25) is 0 Å². The van der Waals surface area contributed by atoms with Gasteiger partial charge < -0.3 is 92.0 Å². The molecule has 0 saturated carbocycles. The first-order valence-corrected chi connectivity index (χ1v) is 29.2. The Balaban J connectivity index is 2.08. The summed E-state index contributed by atoms with van der Waals surface area (Å²) in [5.74, 6) is -10.5. The maximum Gasteiger partial charge on any atom is 0.272 e. The van der Waals surface area contributed by atoms with Crippen LogP contribution in [-0.2, 0) is 64.4 Å². The Morgan fingerprint density at radius 2 is 1.12 bits per heavy atom. The van der Waals surface area contributed by atoms with Crippen LogP contribution in [0, 0.1) is 12.8 Å². The number of hydrogen-bond donors (Lipinski definition) is 18. The molecule has 3 rings (SSSR count). The van der Waals surface area contributed by atoms with Gasteiger partial charge in [0.05, 0.1) is 11.0 Å². The maximum absolute atomic E-state index is 14.5. The number of amides is 10. The van der Waals surface area contributed by atoms with Crippen molar-refractivity contribution < 1.29 is 66.6 Å². The zero-order valence-electron chi connectivity index (χ0n) is 48.0. The van der Waals surface area contributed by atoms with Crippen molar-refractivity contribution in [3.05, 3.63) is 65.7 Å². The van der Waals surface area contributed by atoms with Crippen LogP contribution in [0.3, 0.4) is 0 Å². The van der Waals surface area contributed by atoms with E-state index in [1.807, 2.05) is 0 Å². The van der Waals surface area contributed by atoms with E-state index in [2.05, 4.69) is 57.9 Å². The Bertz CT molecular complexity index is 2670. The number of aryl methyl sites for hydroxylation is 1. The molecule has 2 aromatic rings. The molecule has 31 heteroatoms. The number of nitrogens with one attached hydrogen (secondary N) is 11. The molecule has 1 aliphatic rings. The zero-order valence-corrected chi connectivity index (χ0v) is 48.9. The Labute approximate surface area is 488 Å². The largest absolute Gasteiger partial charge is 0.391 e. The van der Waals surface area contributed by atoms with Gasteiger partial charge in [0.25, 0.3) is 5.91 Å². The molecular formula is C53H86N16O14S. The number of hydrogen-bond acceptors (Lipinski definition) is 19. The van der Waals surface area contributed by atoms with Crippen LogP contribution in [0.25, 0.3) is 0 Å². The van der Waals surface area contributed by atoms with Crippen LogP contribution >= 0.6 is 0 Å². The lowest BCUT2D eigenvalue weighted by Gasteiger charge is -2.29. The second kappa shape index (κ2) is 34.5. The van der Waals surface area contributed by atoms with E-state index in [0.717, 1.165) is 19.4 Å². The van der Waals surface area contributed by atoms with Crippen LogP contribution in [-0.4, -0.2) is 183 Å². The lowest BCUT2D eigenvalue weighted by molar-refractivity contribution is -0.148. The number of carbonyl (C=O) groups excluding carboxylic acids is 10. The molecule has 2 aromatic carbocycles. The molecule has 0 radical (unpaired) electrons. The molecule has 84 heavy (non-hydrogen) atoms. The van der Waals surface area contributed by atoms with Gasteiger partial charge in [-0.3, -0.25) is 47.9 Å². The summed E-state index contributed by atoms with van der Waals surface area (Å²) in [5.41, 5.74) is 27.8. The van der Waals surface area contributed by atoms with Crippen LogP contribution in [0.1, 0.15) is 83.8 Å². The highest BCUT2D eigenvalue weighted by molar-refractivity contribution is 7.89. The zero-order chi connectivity index (χ0) is 62.9. The first kappa shape index (κ1) is 71.0. The lowest BCUT2D eigenvalue weighted by atomic mass is 10.00. The molecule has 0 bridgehead atoms. The maximum atomic E-state index is 14.5. The third-order valence-corrected chi connectivity index (χ3v) is 14.7. The highest BCUT2D eigenvalue weighted by Gasteiger charge is 2.39. The normalized spacial score (nSPS) is 23.4. The van der Waals surface area contributed by atoms with Gasteiger partial charge in [-0.15, -0.1) is 0 Å². The molecule has 10 amide bonds. The number of benzene rings is 2. The van der Waals surface area contributed by atoms with E-state index in [4.69, 9.17) is 28.7 Å². The van der Waals surface area contributed by atoms with E-state index in [1.54, 1.807) is 63.2 Å². The Kier molecular flexibility index (Phi) is 29.2. The van der Waals surface area contributed by atoms with Crippen molar-refractivity contribution in [3.8, 4) is 0 Å². The molecule has 23 N–H and O–H groups in total. The second-order valence-electron chi connectivity index (χ2n) is 21.0. The second-order valence-corrected chi connectivity index (χ2v) is 22.7. The summed E-state index contributed by atoms with van der Waals surface area (Å²) in [7, 11) is -4.31. The van der Waals surface area contributed by atoms with Crippen molar-refractivity contribution in [3.63, 3.8) is 0 Å². The average Bonchev–Trinajstić information content (AvgIpc) is 3.56. The van der Waals surface area contributed by atoms with Gasteiger partial charge in [0.15, 0.2) is 0 Å². The number of nitrogens with two attached hydrogens (primary N) is 5. The Morgan fingerprint density at radius 1 is 0.631 bits per heavy atom. The third-order valence-electron chi connectivity index (χ3n) is 13.2. The van der Waals surface area contributed by atoms with Gasteiger partial charge in [-0.05, 0) is 122 Å². The summed E-state index contributed by atoms with van der Waals surface area (Å²) in [5, 5.41) is 46.6. The fourth-order valence-electron chi connectivity index (χ4n) is 8.60. The standard InChI is InChI=1S/C53H86N16O14S/c1-29(2)27-40-48(76)61-34(15-21-54)43(71)62-37(18-24-57)50(78)68-53(5,81)52(80)59-26-20-38(46(74)60-35(16-22-55)45(73)66-41(49(77)65-40)28-32-9-7-6-8-10-32)63-44(72)36(17-23-56)64-51(79)42(31(4)70)67-47(75)39(19-25-58)69-84(82,83)33-13-11-30(3)12-14-33/h6-14,29,31,34-42,69-70,81H,15-28,54-58H2,1-5H3,(H,59,80)(H,60,74)(H,61,76)(H,62,71)(H,63,72)(H,64,79)(H,65,77)(H,66,73)(H,67,75)(H,68,78)/t31-,34+,35+,36+,37+,38+,39+,40+,41-,42+,53+/m1/s1. The van der Waals surface area contributed by atoms with Crippen LogP contribution in [0.15, 0.2) is 59.5 Å². The molecule has 11 atom stereocenters. The summed E-state index contributed by atoms with van der Waals surface area (Å²) in [4.78, 5) is 140. The Morgan fingerprint density at radius 3 is 1.64 bits per heavy atom. The molecule has 468 valence electrons. The average molecular weight is 1200 g/mol. The predicted octanol–water partition coefficient (Wildman–Crippen LogP) is -6.72. The first-order chi connectivity index (χ1) is 39.6. The fraction of sp³-hybridized carbons (Fsp3) is 0.585. The van der Waals surface area contributed by atoms with Gasteiger partial charge in [0.1, 0.15) is 54.4 Å². The van der Waals surface area contributed by atoms with Crippen LogP contribution in [0.5, 0.6) is 0 Å². The molecule has 1 heterocycles. The van der Waals surface area contributed by atoms with E-state index in [1.165, 1.54) is 12.1 Å². The monoisotopic (exact) mass is 1200 g/mol. The van der Waals surface area contributed by atoms with E-state index >= 15 is 0 Å². The van der Waals surface area contributed by atoms with Gasteiger partial charge in [-0.1, -0.05) is 61.9 Å². The minimum Gasteiger partial charge on any atom is -0.391 e. The van der Waals surface area contributed by atoms with Gasteiger partial charge in [0, 0.05) is 13.0 Å². The number of rotatable bonds is 24. The molecule has 0 unspecified atom stereocenters. The van der Waals surface area contributed by atoms with Gasteiger partial charge in [0.2, 0.25) is 68.9 Å². The molecule has 0 aromatic heterocycles. The summed E-state index contributed by atoms with van der Waals surface area (Å²) in [6.45, 7) is 5.76. The molecule has 1 fully saturated rings. The van der Waals surface area contributed by atoms with E-state index < -0.39 is 148 Å². The molecule has 1 aliphatic heterocycles. The van der Waals surface area contributed by atoms with Gasteiger partial charge in [-0.2, -0.15) is 4.72 Å². The van der Waals surface area contributed by atoms with Crippen molar-refractivity contribution in [2.75, 3.05) is 39.3 Å². The van der Waals surface area contributed by atoms with E-state index in [-0.39, 0.29) is 88.5 Å². The SMILES string of the molecule is Cc1ccc(S(=O)(=O)N[C@@H](CCN)C(=O)N[C@H](C(=O)N[C@@H](CCN)C(=O)N[C@H]2CCNC(=O)[C@](C)(O)NC(=O)[C@H](CCN)NC(=O)[C@H](CCN)NC(=O)[C@H](CC(C)C)NC(=O)[C@@H](Cc3ccccc3)NC(=O)[C@H](CCN)NC2=O)[C@@H](C)O)cc1. The summed E-state index contributed by atoms with van der Waals surface area (Å²) >= 11 is 0. The van der Waals surface area contributed by atoms with Crippen molar-refractivity contribution >= 4 is 69.1 Å². The number of aliphatic hydroxyl groups is 2. The minimum absolute atomic E-state index is 0.0272. The summed E-state index contributed by atoms with van der Waals surface area (Å²) in [6, 6.07) is 0.296. The van der Waals surface area contributed by atoms with E-state index in [0.29, 0.717) is 5.56 Å². The van der Waals surface area contributed by atoms with E-state index in [9.17, 15) is 66.6 Å². The summed E-state index contributed by atoms with van der Waals surface area (Å²) in [6.07, 6.45) is -3.54. The van der Waals surface area contributed by atoms with Crippen molar-refractivity contribution in [1.82, 2.24) is 57.9 Å². The molecule has 0 spiro atoms. The molecule has 0 aliphatic carbocycles. The van der Waals surface area contributed by atoms with Gasteiger partial charge in [-0.25, -0.2) is 8.42 Å². The Hall–Kier alpha value is -7.23. The minimum atomic E-state index is -4.31. The molecular weight excluding hydrogens is 1120 g/mol. The van der Waals surface area contributed by atoms with Crippen molar-refractivity contribution in [2.45, 2.75) is 157 Å². The third kappa shape index (κ3) is 22.7. The smallest absolute Gasteiger partial charge is 0.272 e. The van der Waals surface area contributed by atoms with Crippen molar-refractivity contribution in [1.29, 1.82) is 0 Å². The number of sulfonamides is 1. The first-order valence-electron chi connectivity index (χ1n) is 27.7. The number of carbonyl (C=O) groups is 10. The molecule has 1 saturated heterocycles. The van der Waals surface area contributed by atoms with Crippen molar-refractivity contribution in [2.24, 2.45) is 34.6 Å².